The molecule has 0 fully saturated rings. The lowest BCUT2D eigenvalue weighted by Gasteiger charge is -2.04. The highest BCUT2D eigenvalue weighted by atomic mass is 32.2. The number of thioether (sulfide) groups is 1. The van der Waals surface area contributed by atoms with E-state index in [1.165, 1.54) is 5.56 Å². The number of ether oxygens (including phenoxy) is 1. The van der Waals surface area contributed by atoms with E-state index in [0.29, 0.717) is 0 Å². The first-order valence-corrected chi connectivity index (χ1v) is 5.65. The van der Waals surface area contributed by atoms with Crippen LogP contribution in [-0.2, 0) is 6.42 Å². The van der Waals surface area contributed by atoms with Gasteiger partial charge >= 0.3 is 0 Å². The minimum atomic E-state index is 0.896. The molecule has 0 spiro atoms. The molecule has 2 nitrogen and oxygen atoms in total. The Hall–Kier alpha value is -0.960. The van der Waals surface area contributed by atoms with Crippen molar-refractivity contribution in [3.63, 3.8) is 0 Å². The van der Waals surface area contributed by atoms with Crippen LogP contribution >= 0.6 is 11.8 Å². The minimum Gasteiger partial charge on any atom is -0.497 e. The fourth-order valence-corrected chi connectivity index (χ4v) is 1.65. The van der Waals surface area contributed by atoms with E-state index in [-0.39, 0.29) is 0 Å². The van der Waals surface area contributed by atoms with Gasteiger partial charge in [-0.05, 0) is 24.0 Å². The van der Waals surface area contributed by atoms with Crippen LogP contribution in [-0.4, -0.2) is 25.5 Å². The number of rotatable bonds is 3. The molecule has 0 radical (unpaired) electrons. The van der Waals surface area contributed by atoms with E-state index < -0.39 is 0 Å². The van der Waals surface area contributed by atoms with Gasteiger partial charge in [0.1, 0.15) is 5.75 Å². The zero-order chi connectivity index (χ0) is 10.4. The first-order valence-electron chi connectivity index (χ1n) is 4.42. The third kappa shape index (κ3) is 3.07. The smallest absolute Gasteiger partial charge is 0.118 e. The summed E-state index contributed by atoms with van der Waals surface area (Å²) < 4.78 is 5.09. The van der Waals surface area contributed by atoms with Gasteiger partial charge in [0.15, 0.2) is 0 Å². The highest BCUT2D eigenvalue weighted by Gasteiger charge is 1.99. The van der Waals surface area contributed by atoms with Crippen LogP contribution in [0.2, 0.25) is 0 Å². The summed E-state index contributed by atoms with van der Waals surface area (Å²) in [4.78, 5) is 4.19. The molecule has 1 aromatic carbocycles. The summed E-state index contributed by atoms with van der Waals surface area (Å²) in [5.41, 5.74) is 1.26. The van der Waals surface area contributed by atoms with Gasteiger partial charge in [0, 0.05) is 13.5 Å². The van der Waals surface area contributed by atoms with Crippen LogP contribution in [0.25, 0.3) is 0 Å². The van der Waals surface area contributed by atoms with Gasteiger partial charge in [-0.3, -0.25) is 4.99 Å². The SMILES string of the molecule is CN=C(Cc1ccc(OC)cc1)SC. The molecule has 0 saturated carbocycles. The normalized spacial score (nSPS) is 11.5. The largest absolute Gasteiger partial charge is 0.497 e. The van der Waals surface area contributed by atoms with Crippen LogP contribution in [0.15, 0.2) is 29.3 Å². The van der Waals surface area contributed by atoms with Crippen molar-refractivity contribution in [1.29, 1.82) is 0 Å². The molecule has 0 N–H and O–H groups in total. The molecule has 0 atom stereocenters. The first-order chi connectivity index (χ1) is 6.80. The predicted octanol–water partition coefficient (Wildman–Crippen LogP) is 2.63. The molecule has 0 bridgehead atoms. The van der Waals surface area contributed by atoms with Crippen molar-refractivity contribution < 1.29 is 4.74 Å². The second-order valence-electron chi connectivity index (χ2n) is 2.85. The van der Waals surface area contributed by atoms with Crippen LogP contribution in [0.5, 0.6) is 5.75 Å². The highest BCUT2D eigenvalue weighted by molar-refractivity contribution is 8.13. The number of hydrogen-bond donors (Lipinski definition) is 0. The highest BCUT2D eigenvalue weighted by Crippen LogP contribution is 2.13. The van der Waals surface area contributed by atoms with Crippen LogP contribution in [0.1, 0.15) is 5.56 Å². The van der Waals surface area contributed by atoms with Crippen molar-refractivity contribution in [2.45, 2.75) is 6.42 Å². The second kappa shape index (κ2) is 5.70. The van der Waals surface area contributed by atoms with Crippen LogP contribution < -0.4 is 4.74 Å². The van der Waals surface area contributed by atoms with E-state index in [4.69, 9.17) is 4.74 Å². The Kier molecular flexibility index (Phi) is 4.53. The van der Waals surface area contributed by atoms with Gasteiger partial charge in [0.25, 0.3) is 0 Å². The third-order valence-corrected chi connectivity index (χ3v) is 2.80. The van der Waals surface area contributed by atoms with Gasteiger partial charge in [-0.15, -0.1) is 11.8 Å². The van der Waals surface area contributed by atoms with E-state index in [1.807, 2.05) is 25.4 Å². The minimum absolute atomic E-state index is 0.896. The number of methoxy groups -OCH3 is 1. The van der Waals surface area contributed by atoms with Crippen LogP contribution in [0.3, 0.4) is 0 Å². The van der Waals surface area contributed by atoms with E-state index in [9.17, 15) is 0 Å². The maximum atomic E-state index is 5.09. The first kappa shape index (κ1) is 11.1. The molecule has 0 aliphatic carbocycles. The summed E-state index contributed by atoms with van der Waals surface area (Å²) in [5.74, 6) is 0.896. The molecule has 0 aliphatic rings. The van der Waals surface area contributed by atoms with E-state index in [2.05, 4.69) is 17.1 Å². The summed E-state index contributed by atoms with van der Waals surface area (Å²) in [7, 11) is 3.51. The van der Waals surface area contributed by atoms with Gasteiger partial charge in [-0.1, -0.05) is 12.1 Å². The Bertz CT molecular complexity index is 306. The summed E-state index contributed by atoms with van der Waals surface area (Å²) in [6.45, 7) is 0. The Morgan fingerprint density at radius 3 is 2.43 bits per heavy atom. The molecule has 3 heteroatoms. The fraction of sp³-hybridized carbons (Fsp3) is 0.364. The summed E-state index contributed by atoms with van der Waals surface area (Å²) in [6, 6.07) is 8.09. The van der Waals surface area contributed by atoms with Crippen molar-refractivity contribution in [3.8, 4) is 5.75 Å². The molecule has 0 aliphatic heterocycles. The summed E-state index contributed by atoms with van der Waals surface area (Å²) >= 11 is 1.69. The van der Waals surface area contributed by atoms with Gasteiger partial charge in [0.2, 0.25) is 0 Å². The molecule has 0 amide bonds. The molecule has 0 heterocycles. The maximum Gasteiger partial charge on any atom is 0.118 e. The average molecular weight is 209 g/mol. The maximum absolute atomic E-state index is 5.09. The lowest BCUT2D eigenvalue weighted by atomic mass is 10.1. The molecule has 1 rings (SSSR count). The van der Waals surface area contributed by atoms with Gasteiger partial charge in [-0.25, -0.2) is 0 Å². The van der Waals surface area contributed by atoms with E-state index >= 15 is 0 Å². The number of hydrogen-bond acceptors (Lipinski definition) is 3. The molecule has 76 valence electrons. The zero-order valence-electron chi connectivity index (χ0n) is 8.78. The van der Waals surface area contributed by atoms with Crippen molar-refractivity contribution >= 4 is 16.8 Å². The molecule has 0 saturated heterocycles. The van der Waals surface area contributed by atoms with Crippen LogP contribution in [0, 0.1) is 0 Å². The molecule has 14 heavy (non-hydrogen) atoms. The molecule has 0 unspecified atom stereocenters. The quantitative estimate of drug-likeness (QED) is 0.564. The van der Waals surface area contributed by atoms with Gasteiger partial charge in [-0.2, -0.15) is 0 Å². The van der Waals surface area contributed by atoms with Crippen LogP contribution in [0.4, 0.5) is 0 Å². The second-order valence-corrected chi connectivity index (χ2v) is 3.73. The number of nitrogens with zero attached hydrogens (tertiary/aromatic N) is 1. The Balaban J connectivity index is 2.68. The zero-order valence-corrected chi connectivity index (χ0v) is 9.60. The Labute approximate surface area is 89.4 Å². The van der Waals surface area contributed by atoms with E-state index in [0.717, 1.165) is 17.2 Å². The van der Waals surface area contributed by atoms with Crippen molar-refractivity contribution in [2.24, 2.45) is 4.99 Å². The van der Waals surface area contributed by atoms with Gasteiger partial charge in [0.05, 0.1) is 12.2 Å². The summed E-state index contributed by atoms with van der Waals surface area (Å²) in [6.07, 6.45) is 2.95. The average Bonchev–Trinajstić information content (AvgIpc) is 2.26. The molecule has 1 aromatic rings. The Morgan fingerprint density at radius 2 is 2.00 bits per heavy atom. The third-order valence-electron chi connectivity index (χ3n) is 2.00. The Morgan fingerprint density at radius 1 is 1.36 bits per heavy atom. The standard InChI is InChI=1S/C11H15NOS/c1-12-11(14-3)8-9-4-6-10(13-2)7-5-9/h4-7H,8H2,1-3H3. The molecular weight excluding hydrogens is 194 g/mol. The number of benzene rings is 1. The fourth-order valence-electron chi connectivity index (χ4n) is 1.16. The lowest BCUT2D eigenvalue weighted by molar-refractivity contribution is 0.414. The monoisotopic (exact) mass is 209 g/mol. The summed E-state index contributed by atoms with van der Waals surface area (Å²) in [5, 5.41) is 1.15. The molecular formula is C11H15NOS. The van der Waals surface area contributed by atoms with Crippen molar-refractivity contribution in [2.75, 3.05) is 20.4 Å². The van der Waals surface area contributed by atoms with Gasteiger partial charge < -0.3 is 4.74 Å². The molecule has 0 aromatic heterocycles. The van der Waals surface area contributed by atoms with Crippen molar-refractivity contribution in [1.82, 2.24) is 0 Å². The lowest BCUT2D eigenvalue weighted by Crippen LogP contribution is -1.97. The topological polar surface area (TPSA) is 21.6 Å². The number of aliphatic imine (C=N–C) groups is 1. The predicted molar refractivity (Wildman–Crippen MR) is 63.6 cm³/mol. The van der Waals surface area contributed by atoms with E-state index in [1.54, 1.807) is 18.9 Å². The van der Waals surface area contributed by atoms with Crippen molar-refractivity contribution in [3.05, 3.63) is 29.8 Å².